The Bertz CT molecular complexity index is 824. The molecule has 0 saturated heterocycles. The normalized spacial score (nSPS) is 10.6. The topological polar surface area (TPSA) is 32.6 Å². The molecule has 0 fully saturated rings. The Morgan fingerprint density at radius 1 is 0.840 bits per heavy atom. The molecule has 0 spiro atoms. The second kappa shape index (κ2) is 10.4. The third-order valence-corrected chi connectivity index (χ3v) is 3.54. The molecule has 0 aliphatic heterocycles. The minimum absolute atomic E-state index is 0.279. The van der Waals surface area contributed by atoms with Crippen molar-refractivity contribution in [3.05, 3.63) is 95.6 Å². The Morgan fingerprint density at radius 3 is 2.00 bits per heavy atom. The van der Waals surface area contributed by atoms with Gasteiger partial charge in [-0.1, -0.05) is 60.7 Å². The van der Waals surface area contributed by atoms with Crippen molar-refractivity contribution >= 4 is 30.0 Å². The zero-order valence-electron chi connectivity index (χ0n) is 13.7. The molecular weight excluding hydrogens is 389 g/mol. The maximum absolute atomic E-state index is 10.4. The van der Waals surface area contributed by atoms with Gasteiger partial charge in [0.05, 0.1) is 11.4 Å². The standard InChI is InChI=1S/C20H17NO.2ClH.Ti/c1-15-9-8-14-18(20(15)22)19(16-10-4-2-5-11-16)21-17-12-6-3-7-13-17;;;/h2-14,22H,1H3;2*1H;/q;;;+2/p-2. The molecule has 0 amide bonds. The van der Waals surface area contributed by atoms with Crippen molar-refractivity contribution < 1.29 is 22.1 Å². The Hall–Kier alpha value is -1.58. The average Bonchev–Trinajstić information content (AvgIpc) is 2.65. The van der Waals surface area contributed by atoms with Crippen molar-refractivity contribution in [1.29, 1.82) is 0 Å². The van der Waals surface area contributed by atoms with Crippen LogP contribution >= 0.6 is 18.6 Å². The van der Waals surface area contributed by atoms with Crippen LogP contribution in [0.3, 0.4) is 0 Å². The first-order chi connectivity index (χ1) is 12.2. The molecule has 0 saturated carbocycles. The number of rotatable bonds is 3. The van der Waals surface area contributed by atoms with Crippen LogP contribution in [0.1, 0.15) is 16.7 Å². The van der Waals surface area contributed by atoms with Crippen LogP contribution in [0.4, 0.5) is 5.69 Å². The van der Waals surface area contributed by atoms with Crippen LogP contribution in [-0.4, -0.2) is 10.8 Å². The van der Waals surface area contributed by atoms with Crippen LogP contribution in [0, 0.1) is 6.92 Å². The number of hydrogen-bond acceptors (Lipinski definition) is 2. The molecule has 25 heavy (non-hydrogen) atoms. The van der Waals surface area contributed by atoms with Crippen LogP contribution in [0.15, 0.2) is 83.9 Å². The molecule has 0 atom stereocenters. The molecule has 0 aliphatic rings. The summed E-state index contributed by atoms with van der Waals surface area (Å²) in [6.07, 6.45) is 0. The molecule has 3 aromatic carbocycles. The molecule has 0 unspecified atom stereocenters. The minimum atomic E-state index is -0.556. The summed E-state index contributed by atoms with van der Waals surface area (Å²) >= 11 is -0.556. The van der Waals surface area contributed by atoms with E-state index >= 15 is 0 Å². The first-order valence-corrected chi connectivity index (χ1v) is 11.9. The van der Waals surface area contributed by atoms with Gasteiger partial charge < -0.3 is 5.11 Å². The summed E-state index contributed by atoms with van der Waals surface area (Å²) in [5, 5.41) is 10.4. The van der Waals surface area contributed by atoms with E-state index in [4.69, 9.17) is 23.6 Å². The van der Waals surface area contributed by atoms with E-state index in [-0.39, 0.29) is 5.75 Å². The van der Waals surface area contributed by atoms with Crippen molar-refractivity contribution in [2.75, 3.05) is 0 Å². The van der Waals surface area contributed by atoms with Crippen molar-refractivity contribution in [2.24, 2.45) is 4.99 Å². The van der Waals surface area contributed by atoms with Gasteiger partial charge in [-0.25, -0.2) is 4.99 Å². The number of benzene rings is 3. The second-order valence-electron chi connectivity index (χ2n) is 5.20. The summed E-state index contributed by atoms with van der Waals surface area (Å²) in [6.45, 7) is 1.89. The number of para-hydroxylation sites is 2. The van der Waals surface area contributed by atoms with Gasteiger partial charge >= 0.3 is 35.6 Å². The van der Waals surface area contributed by atoms with Gasteiger partial charge in [-0.3, -0.25) is 0 Å². The van der Waals surface area contributed by atoms with Crippen LogP contribution in [0.2, 0.25) is 0 Å². The SMILES string of the molecule is Cc1cccc(C(=Nc2ccccc2)c2ccccc2)c1O.[Cl][Ti][Cl]. The van der Waals surface area contributed by atoms with Crippen LogP contribution < -0.4 is 0 Å². The maximum atomic E-state index is 10.4. The summed E-state index contributed by atoms with van der Waals surface area (Å²) in [4.78, 5) is 4.76. The van der Waals surface area contributed by atoms with E-state index in [1.165, 1.54) is 0 Å². The van der Waals surface area contributed by atoms with E-state index in [1.54, 1.807) is 0 Å². The van der Waals surface area contributed by atoms with E-state index in [9.17, 15) is 5.11 Å². The summed E-state index contributed by atoms with van der Waals surface area (Å²) in [5.74, 6) is 0.279. The molecule has 2 nitrogen and oxygen atoms in total. The first-order valence-electron chi connectivity index (χ1n) is 7.61. The fourth-order valence-corrected chi connectivity index (χ4v) is 2.36. The Morgan fingerprint density at radius 2 is 1.40 bits per heavy atom. The Balaban J connectivity index is 0.000000701. The fraction of sp³-hybridized carbons (Fsp3) is 0.0500. The van der Waals surface area contributed by atoms with Gasteiger partial charge in [0.2, 0.25) is 0 Å². The predicted octanol–water partition coefficient (Wildman–Crippen LogP) is 6.25. The summed E-state index contributed by atoms with van der Waals surface area (Å²) in [6, 6.07) is 25.4. The second-order valence-corrected chi connectivity index (χ2v) is 7.78. The van der Waals surface area contributed by atoms with Gasteiger partial charge in [0.15, 0.2) is 0 Å². The first kappa shape index (κ1) is 19.7. The van der Waals surface area contributed by atoms with Gasteiger partial charge in [-0.15, -0.1) is 0 Å². The summed E-state index contributed by atoms with van der Waals surface area (Å²) in [5.41, 5.74) is 4.20. The van der Waals surface area contributed by atoms with E-state index < -0.39 is 17.0 Å². The Labute approximate surface area is 164 Å². The van der Waals surface area contributed by atoms with E-state index in [1.807, 2.05) is 85.8 Å². The van der Waals surface area contributed by atoms with Gasteiger partial charge in [0.25, 0.3) is 0 Å². The third-order valence-electron chi connectivity index (χ3n) is 3.54. The van der Waals surface area contributed by atoms with Crippen LogP contribution in [-0.2, 0) is 17.0 Å². The summed E-state index contributed by atoms with van der Waals surface area (Å²) < 4.78 is 0. The average molecular weight is 406 g/mol. The Kier molecular flexibility index (Phi) is 8.23. The number of aryl methyl sites for hydroxylation is 1. The number of aliphatic imine (C=N–C) groups is 1. The third kappa shape index (κ3) is 5.72. The molecular formula is C20H17Cl2NOTi. The van der Waals surface area contributed by atoms with Crippen LogP contribution in [0.5, 0.6) is 5.75 Å². The molecule has 0 bridgehead atoms. The monoisotopic (exact) mass is 405 g/mol. The number of hydrogen-bond donors (Lipinski definition) is 1. The van der Waals surface area contributed by atoms with Crippen molar-refractivity contribution in [1.82, 2.24) is 0 Å². The van der Waals surface area contributed by atoms with Crippen LogP contribution in [0.25, 0.3) is 0 Å². The molecule has 0 aliphatic carbocycles. The molecule has 0 radical (unpaired) electrons. The molecule has 0 heterocycles. The van der Waals surface area contributed by atoms with E-state index in [0.717, 1.165) is 28.1 Å². The van der Waals surface area contributed by atoms with Crippen molar-refractivity contribution in [2.45, 2.75) is 6.92 Å². The molecule has 3 rings (SSSR count). The van der Waals surface area contributed by atoms with Crippen molar-refractivity contribution in [3.63, 3.8) is 0 Å². The number of nitrogens with zero attached hydrogens (tertiary/aromatic N) is 1. The number of phenolic OH excluding ortho intramolecular Hbond substituents is 1. The number of halogens is 2. The quantitative estimate of drug-likeness (QED) is 0.405. The van der Waals surface area contributed by atoms with Gasteiger partial charge in [0, 0.05) is 11.1 Å². The molecule has 1 N–H and O–H groups in total. The predicted molar refractivity (Wildman–Crippen MR) is 103 cm³/mol. The fourth-order valence-electron chi connectivity index (χ4n) is 2.36. The van der Waals surface area contributed by atoms with Gasteiger partial charge in [0.1, 0.15) is 5.75 Å². The molecule has 126 valence electrons. The van der Waals surface area contributed by atoms with Gasteiger partial charge in [-0.05, 0) is 30.7 Å². The van der Waals surface area contributed by atoms with E-state index in [2.05, 4.69) is 0 Å². The number of phenols is 1. The van der Waals surface area contributed by atoms with Gasteiger partial charge in [-0.2, -0.15) is 0 Å². The zero-order valence-corrected chi connectivity index (χ0v) is 16.7. The van der Waals surface area contributed by atoms with Crippen molar-refractivity contribution in [3.8, 4) is 5.75 Å². The van der Waals surface area contributed by atoms with E-state index in [0.29, 0.717) is 0 Å². The molecule has 0 aromatic heterocycles. The number of aromatic hydroxyl groups is 1. The zero-order chi connectivity index (χ0) is 18.1. The molecule has 3 aromatic rings. The summed E-state index contributed by atoms with van der Waals surface area (Å²) in [7, 11) is 9.78. The molecule has 5 heteroatoms.